The maximum Gasteiger partial charge on any atom is 0.313 e. The number of amides is 1. The summed E-state index contributed by atoms with van der Waals surface area (Å²) in [6, 6.07) is 7.88. The fourth-order valence-corrected chi connectivity index (χ4v) is 2.30. The van der Waals surface area contributed by atoms with Crippen molar-refractivity contribution in [1.29, 1.82) is 0 Å². The summed E-state index contributed by atoms with van der Waals surface area (Å²) in [5, 5.41) is 13.5. The standard InChI is InChI=1S/C17H14Cl2N2O5/c1-9(2)17(23)26-15-6-3-10(18)7-12(15)16(22)20-14-5-4-11(21(24)25)8-13(14)19/h3-9H,1-2H3,(H,20,22). The van der Waals surface area contributed by atoms with E-state index in [0.29, 0.717) is 0 Å². The minimum absolute atomic E-state index is 0.00435. The molecule has 0 atom stereocenters. The average molecular weight is 397 g/mol. The SMILES string of the molecule is CC(C)C(=O)Oc1ccc(Cl)cc1C(=O)Nc1ccc([N+](=O)[O-])cc1Cl. The predicted molar refractivity (Wildman–Crippen MR) is 98.0 cm³/mol. The summed E-state index contributed by atoms with van der Waals surface area (Å²) in [5.74, 6) is -1.47. The molecule has 0 aliphatic rings. The van der Waals surface area contributed by atoms with E-state index in [9.17, 15) is 19.7 Å². The van der Waals surface area contributed by atoms with Crippen molar-refractivity contribution in [2.75, 3.05) is 5.32 Å². The Morgan fingerprint density at radius 2 is 1.85 bits per heavy atom. The normalized spacial score (nSPS) is 10.5. The van der Waals surface area contributed by atoms with E-state index < -0.39 is 16.8 Å². The monoisotopic (exact) mass is 396 g/mol. The molecule has 0 aromatic heterocycles. The zero-order valence-corrected chi connectivity index (χ0v) is 15.3. The van der Waals surface area contributed by atoms with Crippen LogP contribution in [-0.2, 0) is 4.79 Å². The molecule has 2 aromatic carbocycles. The molecule has 26 heavy (non-hydrogen) atoms. The van der Waals surface area contributed by atoms with E-state index in [1.54, 1.807) is 13.8 Å². The molecule has 0 bridgehead atoms. The Hall–Kier alpha value is -2.64. The molecule has 2 aromatic rings. The van der Waals surface area contributed by atoms with Crippen molar-refractivity contribution in [2.45, 2.75) is 13.8 Å². The Balaban J connectivity index is 2.30. The fourth-order valence-electron chi connectivity index (χ4n) is 1.90. The third-order valence-electron chi connectivity index (χ3n) is 3.28. The molecule has 1 amide bonds. The molecule has 0 aliphatic carbocycles. The van der Waals surface area contributed by atoms with Gasteiger partial charge in [-0.1, -0.05) is 37.0 Å². The van der Waals surface area contributed by atoms with E-state index >= 15 is 0 Å². The molecule has 0 heterocycles. The second-order valence-electron chi connectivity index (χ2n) is 5.59. The Bertz CT molecular complexity index is 883. The van der Waals surface area contributed by atoms with E-state index in [1.165, 1.54) is 30.3 Å². The van der Waals surface area contributed by atoms with Crippen LogP contribution in [0.5, 0.6) is 5.75 Å². The molecule has 0 spiro atoms. The molecular weight excluding hydrogens is 383 g/mol. The predicted octanol–water partition coefficient (Wildman–Crippen LogP) is 4.72. The Labute approximate surface area is 159 Å². The minimum atomic E-state index is -0.630. The molecule has 1 N–H and O–H groups in total. The average Bonchev–Trinajstić information content (AvgIpc) is 2.57. The lowest BCUT2D eigenvalue weighted by Gasteiger charge is -2.13. The van der Waals surface area contributed by atoms with Crippen molar-refractivity contribution in [2.24, 2.45) is 5.92 Å². The molecule has 9 heteroatoms. The largest absolute Gasteiger partial charge is 0.425 e. The first-order valence-electron chi connectivity index (χ1n) is 7.45. The van der Waals surface area contributed by atoms with Crippen LogP contribution in [0.15, 0.2) is 36.4 Å². The van der Waals surface area contributed by atoms with Crippen LogP contribution in [0.1, 0.15) is 24.2 Å². The summed E-state index contributed by atoms with van der Waals surface area (Å²) < 4.78 is 5.22. The number of carbonyl (C=O) groups is 2. The van der Waals surface area contributed by atoms with Gasteiger partial charge in [-0.3, -0.25) is 19.7 Å². The second kappa shape index (κ2) is 8.16. The number of esters is 1. The van der Waals surface area contributed by atoms with Crippen molar-refractivity contribution in [3.63, 3.8) is 0 Å². The Morgan fingerprint density at radius 3 is 2.42 bits per heavy atom. The zero-order chi connectivity index (χ0) is 19.4. The van der Waals surface area contributed by atoms with Gasteiger partial charge in [0.2, 0.25) is 0 Å². The maximum absolute atomic E-state index is 12.6. The minimum Gasteiger partial charge on any atom is -0.425 e. The van der Waals surface area contributed by atoms with Gasteiger partial charge in [0.05, 0.1) is 27.1 Å². The third-order valence-corrected chi connectivity index (χ3v) is 3.83. The van der Waals surface area contributed by atoms with Crippen LogP contribution in [0, 0.1) is 16.0 Å². The van der Waals surface area contributed by atoms with E-state index in [-0.39, 0.29) is 38.7 Å². The Kier molecular flexibility index (Phi) is 6.18. The number of non-ortho nitro benzene ring substituents is 1. The van der Waals surface area contributed by atoms with Gasteiger partial charge in [0.15, 0.2) is 0 Å². The van der Waals surface area contributed by atoms with Crippen molar-refractivity contribution >= 4 is 46.5 Å². The highest BCUT2D eigenvalue weighted by atomic mass is 35.5. The summed E-state index contributed by atoms with van der Waals surface area (Å²) in [6.45, 7) is 3.32. The quantitative estimate of drug-likeness (QED) is 0.341. The summed E-state index contributed by atoms with van der Waals surface area (Å²) in [6.07, 6.45) is 0. The highest BCUT2D eigenvalue weighted by Crippen LogP contribution is 2.29. The topological polar surface area (TPSA) is 98.5 Å². The number of nitro benzene ring substituents is 1. The van der Waals surface area contributed by atoms with E-state index in [4.69, 9.17) is 27.9 Å². The number of ether oxygens (including phenoxy) is 1. The fraction of sp³-hybridized carbons (Fsp3) is 0.176. The van der Waals surface area contributed by atoms with E-state index in [1.807, 2.05) is 0 Å². The number of nitrogens with one attached hydrogen (secondary N) is 1. The summed E-state index contributed by atoms with van der Waals surface area (Å²) in [5.41, 5.74) is -0.00777. The van der Waals surface area contributed by atoms with E-state index in [2.05, 4.69) is 5.32 Å². The first-order chi connectivity index (χ1) is 12.2. The van der Waals surface area contributed by atoms with Gasteiger partial charge in [0.1, 0.15) is 5.75 Å². The van der Waals surface area contributed by atoms with Gasteiger partial charge in [-0.05, 0) is 24.3 Å². The number of rotatable bonds is 5. The van der Waals surface area contributed by atoms with Crippen LogP contribution in [-0.4, -0.2) is 16.8 Å². The van der Waals surface area contributed by atoms with Gasteiger partial charge < -0.3 is 10.1 Å². The van der Waals surface area contributed by atoms with Crippen LogP contribution in [0.3, 0.4) is 0 Å². The second-order valence-corrected chi connectivity index (χ2v) is 6.44. The number of carbonyl (C=O) groups excluding carboxylic acids is 2. The third kappa shape index (κ3) is 4.71. The van der Waals surface area contributed by atoms with Crippen molar-refractivity contribution in [3.8, 4) is 5.75 Å². The number of nitrogens with zero attached hydrogens (tertiary/aromatic N) is 1. The first-order valence-corrected chi connectivity index (χ1v) is 8.21. The number of benzene rings is 2. The number of halogens is 2. The molecule has 0 saturated heterocycles. The zero-order valence-electron chi connectivity index (χ0n) is 13.8. The van der Waals surface area contributed by atoms with Crippen LogP contribution in [0.2, 0.25) is 10.0 Å². The Morgan fingerprint density at radius 1 is 1.15 bits per heavy atom. The highest BCUT2D eigenvalue weighted by Gasteiger charge is 2.19. The summed E-state index contributed by atoms with van der Waals surface area (Å²) >= 11 is 11.9. The molecular formula is C17H14Cl2N2O5. The number of anilines is 1. The molecule has 0 radical (unpaired) electrons. The molecule has 0 aliphatic heterocycles. The lowest BCUT2D eigenvalue weighted by molar-refractivity contribution is -0.384. The smallest absolute Gasteiger partial charge is 0.313 e. The first kappa shape index (κ1) is 19.7. The lowest BCUT2D eigenvalue weighted by atomic mass is 10.1. The molecule has 7 nitrogen and oxygen atoms in total. The molecule has 136 valence electrons. The highest BCUT2D eigenvalue weighted by molar-refractivity contribution is 6.34. The van der Waals surface area contributed by atoms with Gasteiger partial charge in [0, 0.05) is 17.2 Å². The van der Waals surface area contributed by atoms with Gasteiger partial charge in [-0.15, -0.1) is 0 Å². The van der Waals surface area contributed by atoms with Gasteiger partial charge in [-0.2, -0.15) is 0 Å². The number of hydrogen-bond donors (Lipinski definition) is 1. The van der Waals surface area contributed by atoms with Crippen LogP contribution >= 0.6 is 23.2 Å². The van der Waals surface area contributed by atoms with Crippen molar-refractivity contribution < 1.29 is 19.2 Å². The van der Waals surface area contributed by atoms with Crippen LogP contribution < -0.4 is 10.1 Å². The number of nitro groups is 1. The lowest BCUT2D eigenvalue weighted by Crippen LogP contribution is -2.19. The van der Waals surface area contributed by atoms with Crippen LogP contribution in [0.4, 0.5) is 11.4 Å². The summed E-state index contributed by atoms with van der Waals surface area (Å²) in [7, 11) is 0. The molecule has 0 unspecified atom stereocenters. The molecule has 0 saturated carbocycles. The van der Waals surface area contributed by atoms with Crippen molar-refractivity contribution in [3.05, 3.63) is 62.1 Å². The van der Waals surface area contributed by atoms with E-state index in [0.717, 1.165) is 6.07 Å². The maximum atomic E-state index is 12.6. The number of hydrogen-bond acceptors (Lipinski definition) is 5. The summed E-state index contributed by atoms with van der Waals surface area (Å²) in [4.78, 5) is 34.5. The van der Waals surface area contributed by atoms with Gasteiger partial charge in [0.25, 0.3) is 11.6 Å². The van der Waals surface area contributed by atoms with Gasteiger partial charge >= 0.3 is 5.97 Å². The van der Waals surface area contributed by atoms with Crippen molar-refractivity contribution in [1.82, 2.24) is 0 Å². The van der Waals surface area contributed by atoms with Crippen LogP contribution in [0.25, 0.3) is 0 Å². The molecule has 0 fully saturated rings. The molecule has 2 rings (SSSR count). The van der Waals surface area contributed by atoms with Gasteiger partial charge in [-0.25, -0.2) is 0 Å².